The molecule has 2 atom stereocenters. The SMILES string of the molecule is O=C(NC1CCCC1)N1CCCC2CCCCC21. The molecular weight excluding hydrogens is 224 g/mol. The molecule has 3 fully saturated rings. The molecule has 0 radical (unpaired) electrons. The number of fused-ring (bicyclic) bond motifs is 1. The van der Waals surface area contributed by atoms with Gasteiger partial charge < -0.3 is 10.2 Å². The number of urea groups is 1. The monoisotopic (exact) mass is 250 g/mol. The largest absolute Gasteiger partial charge is 0.335 e. The fraction of sp³-hybridized carbons (Fsp3) is 0.933. The molecule has 1 saturated heterocycles. The van der Waals surface area contributed by atoms with Crippen LogP contribution in [-0.2, 0) is 0 Å². The van der Waals surface area contributed by atoms with Gasteiger partial charge >= 0.3 is 6.03 Å². The van der Waals surface area contributed by atoms with E-state index in [2.05, 4.69) is 10.2 Å². The van der Waals surface area contributed by atoms with Gasteiger partial charge in [-0.3, -0.25) is 0 Å². The molecule has 2 unspecified atom stereocenters. The van der Waals surface area contributed by atoms with Gasteiger partial charge in [-0.1, -0.05) is 25.7 Å². The average Bonchev–Trinajstić information content (AvgIpc) is 2.91. The Morgan fingerprint density at radius 3 is 2.39 bits per heavy atom. The minimum atomic E-state index is 0.235. The molecule has 0 spiro atoms. The molecule has 2 saturated carbocycles. The second-order valence-corrected chi connectivity index (χ2v) is 6.38. The van der Waals surface area contributed by atoms with Gasteiger partial charge in [0.25, 0.3) is 0 Å². The van der Waals surface area contributed by atoms with Gasteiger partial charge in [-0.25, -0.2) is 4.79 Å². The zero-order valence-electron chi connectivity index (χ0n) is 11.4. The Balaban J connectivity index is 1.60. The molecule has 3 heteroatoms. The van der Waals surface area contributed by atoms with Crippen molar-refractivity contribution in [2.75, 3.05) is 6.54 Å². The zero-order chi connectivity index (χ0) is 12.4. The van der Waals surface area contributed by atoms with E-state index in [-0.39, 0.29) is 6.03 Å². The van der Waals surface area contributed by atoms with Crippen molar-refractivity contribution in [1.29, 1.82) is 0 Å². The van der Waals surface area contributed by atoms with Gasteiger partial charge in [-0.05, 0) is 44.4 Å². The summed E-state index contributed by atoms with van der Waals surface area (Å²) in [5.74, 6) is 0.793. The highest BCUT2D eigenvalue weighted by Gasteiger charge is 2.36. The first kappa shape index (κ1) is 12.3. The predicted octanol–water partition coefficient (Wildman–Crippen LogP) is 3.29. The van der Waals surface area contributed by atoms with Crippen LogP contribution in [0.4, 0.5) is 4.79 Å². The molecule has 2 aliphatic carbocycles. The minimum Gasteiger partial charge on any atom is -0.335 e. The summed E-state index contributed by atoms with van der Waals surface area (Å²) in [4.78, 5) is 14.6. The number of nitrogens with zero attached hydrogens (tertiary/aromatic N) is 1. The molecule has 0 aromatic heterocycles. The summed E-state index contributed by atoms with van der Waals surface area (Å²) in [5.41, 5.74) is 0. The van der Waals surface area contributed by atoms with E-state index < -0.39 is 0 Å². The van der Waals surface area contributed by atoms with Crippen LogP contribution in [0.15, 0.2) is 0 Å². The van der Waals surface area contributed by atoms with Crippen molar-refractivity contribution in [3.05, 3.63) is 0 Å². The zero-order valence-corrected chi connectivity index (χ0v) is 11.4. The van der Waals surface area contributed by atoms with E-state index in [1.807, 2.05) is 0 Å². The molecular formula is C15H26N2O. The standard InChI is InChI=1S/C15H26N2O/c18-15(16-13-8-2-3-9-13)17-11-5-7-12-6-1-4-10-14(12)17/h12-14H,1-11H2,(H,16,18). The van der Waals surface area contributed by atoms with Gasteiger partial charge in [0.2, 0.25) is 0 Å². The molecule has 102 valence electrons. The number of rotatable bonds is 1. The van der Waals surface area contributed by atoms with Gasteiger partial charge in [-0.2, -0.15) is 0 Å². The van der Waals surface area contributed by atoms with E-state index in [1.54, 1.807) is 0 Å². The van der Waals surface area contributed by atoms with Crippen molar-refractivity contribution in [2.45, 2.75) is 76.3 Å². The van der Waals surface area contributed by atoms with Crippen LogP contribution in [0.1, 0.15) is 64.2 Å². The number of likely N-dealkylation sites (tertiary alicyclic amines) is 1. The Morgan fingerprint density at radius 1 is 0.889 bits per heavy atom. The highest BCUT2D eigenvalue weighted by atomic mass is 16.2. The summed E-state index contributed by atoms with van der Waals surface area (Å²) in [6, 6.07) is 1.24. The first-order valence-corrected chi connectivity index (χ1v) is 7.92. The van der Waals surface area contributed by atoms with E-state index in [0.717, 1.165) is 12.5 Å². The lowest BCUT2D eigenvalue weighted by Gasteiger charge is -2.44. The van der Waals surface area contributed by atoms with E-state index in [1.165, 1.54) is 64.2 Å². The molecule has 0 aromatic carbocycles. The molecule has 0 bridgehead atoms. The van der Waals surface area contributed by atoms with E-state index in [4.69, 9.17) is 0 Å². The summed E-state index contributed by atoms with van der Waals surface area (Å²) in [7, 11) is 0. The number of carbonyl (C=O) groups excluding carboxylic acids is 1. The van der Waals surface area contributed by atoms with Crippen molar-refractivity contribution < 1.29 is 4.79 Å². The topological polar surface area (TPSA) is 32.3 Å². The van der Waals surface area contributed by atoms with Crippen LogP contribution < -0.4 is 5.32 Å². The first-order valence-electron chi connectivity index (χ1n) is 7.92. The summed E-state index contributed by atoms with van der Waals surface area (Å²) in [5, 5.41) is 3.27. The second-order valence-electron chi connectivity index (χ2n) is 6.38. The van der Waals surface area contributed by atoms with Crippen LogP contribution in [0.3, 0.4) is 0 Å². The summed E-state index contributed by atoms with van der Waals surface area (Å²) >= 11 is 0. The van der Waals surface area contributed by atoms with Crippen molar-refractivity contribution in [3.8, 4) is 0 Å². The van der Waals surface area contributed by atoms with Gasteiger partial charge in [0.15, 0.2) is 0 Å². The van der Waals surface area contributed by atoms with Crippen LogP contribution in [0.5, 0.6) is 0 Å². The Bertz CT molecular complexity index is 297. The van der Waals surface area contributed by atoms with Crippen LogP contribution in [0.25, 0.3) is 0 Å². The highest BCUT2D eigenvalue weighted by Crippen LogP contribution is 2.35. The van der Waals surface area contributed by atoms with Gasteiger partial charge in [-0.15, -0.1) is 0 Å². The minimum absolute atomic E-state index is 0.235. The number of amides is 2. The third kappa shape index (κ3) is 2.50. The molecule has 1 aliphatic heterocycles. The Hall–Kier alpha value is -0.730. The smallest absolute Gasteiger partial charge is 0.317 e. The van der Waals surface area contributed by atoms with Crippen molar-refractivity contribution >= 4 is 6.03 Å². The first-order chi connectivity index (χ1) is 8.84. The lowest BCUT2D eigenvalue weighted by molar-refractivity contribution is 0.0827. The van der Waals surface area contributed by atoms with Gasteiger partial charge in [0.05, 0.1) is 0 Å². The van der Waals surface area contributed by atoms with Crippen LogP contribution in [0, 0.1) is 5.92 Å². The van der Waals surface area contributed by atoms with Crippen LogP contribution >= 0.6 is 0 Å². The maximum atomic E-state index is 12.4. The van der Waals surface area contributed by atoms with E-state index in [9.17, 15) is 4.79 Å². The summed E-state index contributed by atoms with van der Waals surface area (Å²) in [6.45, 7) is 0.986. The number of piperidine rings is 1. The predicted molar refractivity (Wildman–Crippen MR) is 72.5 cm³/mol. The molecule has 0 aromatic rings. The summed E-state index contributed by atoms with van der Waals surface area (Å²) in [6.07, 6.45) is 12.8. The maximum absolute atomic E-state index is 12.4. The van der Waals surface area contributed by atoms with Gasteiger partial charge in [0, 0.05) is 18.6 Å². The Morgan fingerprint density at radius 2 is 1.56 bits per heavy atom. The molecule has 3 aliphatic rings. The van der Waals surface area contributed by atoms with Gasteiger partial charge in [0.1, 0.15) is 0 Å². The number of nitrogens with one attached hydrogen (secondary N) is 1. The van der Waals surface area contributed by atoms with Crippen LogP contribution in [0.2, 0.25) is 0 Å². The highest BCUT2D eigenvalue weighted by molar-refractivity contribution is 5.75. The molecule has 18 heavy (non-hydrogen) atoms. The number of hydrogen-bond donors (Lipinski definition) is 1. The van der Waals surface area contributed by atoms with Crippen molar-refractivity contribution in [3.63, 3.8) is 0 Å². The van der Waals surface area contributed by atoms with Crippen molar-refractivity contribution in [1.82, 2.24) is 10.2 Å². The lowest BCUT2D eigenvalue weighted by atomic mass is 9.78. The van der Waals surface area contributed by atoms with Crippen LogP contribution in [-0.4, -0.2) is 29.6 Å². The molecule has 3 rings (SSSR count). The summed E-state index contributed by atoms with van der Waals surface area (Å²) < 4.78 is 0. The Kier molecular flexibility index (Phi) is 3.76. The number of hydrogen-bond acceptors (Lipinski definition) is 1. The molecule has 2 amide bonds. The fourth-order valence-corrected chi connectivity index (χ4v) is 4.20. The molecule has 1 heterocycles. The van der Waals surface area contributed by atoms with E-state index >= 15 is 0 Å². The normalized spacial score (nSPS) is 33.2. The average molecular weight is 250 g/mol. The van der Waals surface area contributed by atoms with Crippen molar-refractivity contribution in [2.24, 2.45) is 5.92 Å². The maximum Gasteiger partial charge on any atom is 0.317 e. The lowest BCUT2D eigenvalue weighted by Crippen LogP contribution is -2.54. The molecule has 3 nitrogen and oxygen atoms in total. The molecule has 1 N–H and O–H groups in total. The third-order valence-electron chi connectivity index (χ3n) is 5.19. The third-order valence-corrected chi connectivity index (χ3v) is 5.19. The quantitative estimate of drug-likeness (QED) is 0.761. The second kappa shape index (κ2) is 5.50. The number of carbonyl (C=O) groups is 1. The Labute approximate surface area is 110 Å². The fourth-order valence-electron chi connectivity index (χ4n) is 4.20. The van der Waals surface area contributed by atoms with E-state index in [0.29, 0.717) is 12.1 Å².